The zero-order valence-electron chi connectivity index (χ0n) is 7.73. The van der Waals surface area contributed by atoms with E-state index < -0.39 is 0 Å². The highest BCUT2D eigenvalue weighted by atomic mass is 35.5. The predicted octanol–water partition coefficient (Wildman–Crippen LogP) is 3.48. The summed E-state index contributed by atoms with van der Waals surface area (Å²) in [6, 6.07) is 3.96. The highest BCUT2D eigenvalue weighted by Gasteiger charge is 2.05. The van der Waals surface area contributed by atoms with E-state index in [9.17, 15) is 0 Å². The van der Waals surface area contributed by atoms with E-state index in [0.29, 0.717) is 11.8 Å². The van der Waals surface area contributed by atoms with E-state index in [1.807, 2.05) is 19.1 Å². The molecule has 0 saturated heterocycles. The maximum atomic E-state index is 5.77. The number of ether oxygens (including phenoxy) is 1. The lowest BCUT2D eigenvalue weighted by Crippen LogP contribution is -1.94. The summed E-state index contributed by atoms with van der Waals surface area (Å²) >= 11 is 11.5. The molecule has 0 atom stereocenters. The summed E-state index contributed by atoms with van der Waals surface area (Å²) < 4.78 is 5.19. The Morgan fingerprint density at radius 2 is 1.77 bits per heavy atom. The molecule has 0 radical (unpaired) electrons. The Bertz CT molecular complexity index is 297. The molecular formula is C10H12Cl2O. The van der Waals surface area contributed by atoms with Gasteiger partial charge in [-0.25, -0.2) is 0 Å². The first-order chi connectivity index (χ1) is 6.22. The molecule has 72 valence electrons. The summed E-state index contributed by atoms with van der Waals surface area (Å²) in [6.45, 7) is 2.02. The average Bonchev–Trinajstić information content (AvgIpc) is 2.17. The quantitative estimate of drug-likeness (QED) is 0.707. The molecule has 0 fully saturated rings. The van der Waals surface area contributed by atoms with Gasteiger partial charge in [0, 0.05) is 11.4 Å². The van der Waals surface area contributed by atoms with E-state index in [0.717, 1.165) is 22.4 Å². The molecule has 0 saturated carbocycles. The second-order valence-electron chi connectivity index (χ2n) is 2.86. The van der Waals surface area contributed by atoms with Crippen LogP contribution in [0.25, 0.3) is 0 Å². The minimum Gasteiger partial charge on any atom is -0.496 e. The second-order valence-corrected chi connectivity index (χ2v) is 3.39. The standard InChI is InChI=1S/C10H12Cl2O/c1-7-3-9(6-12)10(13-2)4-8(7)5-11/h3-4H,5-6H2,1-2H3. The van der Waals surface area contributed by atoms with Crippen LogP contribution in [0.4, 0.5) is 0 Å². The number of hydrogen-bond acceptors (Lipinski definition) is 1. The molecule has 0 aliphatic carbocycles. The average molecular weight is 219 g/mol. The van der Waals surface area contributed by atoms with Crippen molar-refractivity contribution in [1.82, 2.24) is 0 Å². The van der Waals surface area contributed by atoms with Crippen LogP contribution in [0, 0.1) is 6.92 Å². The maximum absolute atomic E-state index is 5.77. The Morgan fingerprint density at radius 1 is 1.15 bits per heavy atom. The van der Waals surface area contributed by atoms with Crippen molar-refractivity contribution < 1.29 is 4.74 Å². The Morgan fingerprint density at radius 3 is 2.23 bits per heavy atom. The highest BCUT2D eigenvalue weighted by molar-refractivity contribution is 6.17. The van der Waals surface area contributed by atoms with Crippen LogP contribution >= 0.6 is 23.2 Å². The fourth-order valence-corrected chi connectivity index (χ4v) is 1.73. The lowest BCUT2D eigenvalue weighted by molar-refractivity contribution is 0.410. The maximum Gasteiger partial charge on any atom is 0.123 e. The number of methoxy groups -OCH3 is 1. The minimum atomic E-state index is 0.465. The predicted molar refractivity (Wildman–Crippen MR) is 56.8 cm³/mol. The largest absolute Gasteiger partial charge is 0.496 e. The molecule has 1 rings (SSSR count). The smallest absolute Gasteiger partial charge is 0.123 e. The molecule has 0 unspecified atom stereocenters. The minimum absolute atomic E-state index is 0.465. The molecule has 1 nitrogen and oxygen atoms in total. The third-order valence-corrected chi connectivity index (χ3v) is 2.60. The van der Waals surface area contributed by atoms with Crippen LogP contribution in [0.2, 0.25) is 0 Å². The van der Waals surface area contributed by atoms with Gasteiger partial charge in [-0.2, -0.15) is 0 Å². The van der Waals surface area contributed by atoms with Gasteiger partial charge in [-0.1, -0.05) is 6.07 Å². The van der Waals surface area contributed by atoms with Crippen molar-refractivity contribution >= 4 is 23.2 Å². The molecule has 0 amide bonds. The van der Waals surface area contributed by atoms with Crippen molar-refractivity contribution in [2.24, 2.45) is 0 Å². The van der Waals surface area contributed by atoms with Crippen LogP contribution < -0.4 is 4.74 Å². The van der Waals surface area contributed by atoms with Crippen LogP contribution in [-0.4, -0.2) is 7.11 Å². The number of alkyl halides is 2. The van der Waals surface area contributed by atoms with Crippen LogP contribution in [-0.2, 0) is 11.8 Å². The van der Waals surface area contributed by atoms with E-state index in [1.165, 1.54) is 0 Å². The zero-order chi connectivity index (χ0) is 9.84. The zero-order valence-corrected chi connectivity index (χ0v) is 9.24. The summed E-state index contributed by atoms with van der Waals surface area (Å²) in [5, 5.41) is 0. The van der Waals surface area contributed by atoms with Gasteiger partial charge in [0.1, 0.15) is 5.75 Å². The van der Waals surface area contributed by atoms with Gasteiger partial charge in [-0.15, -0.1) is 23.2 Å². The molecule has 0 aliphatic heterocycles. The van der Waals surface area contributed by atoms with E-state index in [4.69, 9.17) is 27.9 Å². The van der Waals surface area contributed by atoms with Crippen molar-refractivity contribution in [1.29, 1.82) is 0 Å². The monoisotopic (exact) mass is 218 g/mol. The second kappa shape index (κ2) is 4.73. The van der Waals surface area contributed by atoms with E-state index >= 15 is 0 Å². The SMILES string of the molecule is COc1cc(CCl)c(C)cc1CCl. The van der Waals surface area contributed by atoms with Gasteiger partial charge < -0.3 is 4.74 Å². The van der Waals surface area contributed by atoms with Gasteiger partial charge in [-0.05, 0) is 24.1 Å². The lowest BCUT2D eigenvalue weighted by atomic mass is 10.1. The molecule has 1 aromatic carbocycles. The Labute approximate surface area is 88.6 Å². The number of hydrogen-bond donors (Lipinski definition) is 0. The summed E-state index contributed by atoms with van der Waals surface area (Å²) in [5.41, 5.74) is 3.26. The van der Waals surface area contributed by atoms with Crippen molar-refractivity contribution in [3.63, 3.8) is 0 Å². The van der Waals surface area contributed by atoms with Gasteiger partial charge in [0.15, 0.2) is 0 Å². The molecule has 0 aromatic heterocycles. The molecule has 0 aliphatic rings. The Hall–Kier alpha value is -0.400. The van der Waals surface area contributed by atoms with Crippen LogP contribution in [0.1, 0.15) is 16.7 Å². The Balaban J connectivity index is 3.18. The first-order valence-electron chi connectivity index (χ1n) is 4.01. The Kier molecular flexibility index (Phi) is 3.89. The van der Waals surface area contributed by atoms with Crippen molar-refractivity contribution in [2.45, 2.75) is 18.7 Å². The highest BCUT2D eigenvalue weighted by Crippen LogP contribution is 2.25. The number of rotatable bonds is 3. The fraction of sp³-hybridized carbons (Fsp3) is 0.400. The van der Waals surface area contributed by atoms with Crippen molar-refractivity contribution in [3.8, 4) is 5.75 Å². The summed E-state index contributed by atoms with van der Waals surface area (Å²) in [4.78, 5) is 0. The first-order valence-corrected chi connectivity index (χ1v) is 5.08. The summed E-state index contributed by atoms with van der Waals surface area (Å²) in [5.74, 6) is 1.79. The first kappa shape index (κ1) is 10.7. The molecule has 0 N–H and O–H groups in total. The molecule has 13 heavy (non-hydrogen) atoms. The van der Waals surface area contributed by atoms with Gasteiger partial charge in [0.25, 0.3) is 0 Å². The number of halogens is 2. The molecule has 1 aromatic rings. The molecule has 3 heteroatoms. The third-order valence-electron chi connectivity index (χ3n) is 2.03. The lowest BCUT2D eigenvalue weighted by Gasteiger charge is -2.10. The van der Waals surface area contributed by atoms with E-state index in [2.05, 4.69) is 0 Å². The van der Waals surface area contributed by atoms with Gasteiger partial charge >= 0.3 is 0 Å². The van der Waals surface area contributed by atoms with Gasteiger partial charge in [0.05, 0.1) is 13.0 Å². The van der Waals surface area contributed by atoms with E-state index in [1.54, 1.807) is 7.11 Å². The van der Waals surface area contributed by atoms with Crippen molar-refractivity contribution in [3.05, 3.63) is 28.8 Å². The number of benzene rings is 1. The van der Waals surface area contributed by atoms with Crippen LogP contribution in [0.3, 0.4) is 0 Å². The topological polar surface area (TPSA) is 9.23 Å². The normalized spacial score (nSPS) is 10.2. The summed E-state index contributed by atoms with van der Waals surface area (Å²) in [7, 11) is 1.64. The van der Waals surface area contributed by atoms with Crippen molar-refractivity contribution in [2.75, 3.05) is 7.11 Å². The van der Waals surface area contributed by atoms with Gasteiger partial charge in [-0.3, -0.25) is 0 Å². The molecule has 0 bridgehead atoms. The number of aryl methyl sites for hydroxylation is 1. The fourth-order valence-electron chi connectivity index (χ4n) is 1.23. The molecular weight excluding hydrogens is 207 g/mol. The molecule has 0 heterocycles. The summed E-state index contributed by atoms with van der Waals surface area (Å²) in [6.07, 6.45) is 0. The van der Waals surface area contributed by atoms with E-state index in [-0.39, 0.29) is 0 Å². The molecule has 0 spiro atoms. The van der Waals surface area contributed by atoms with Crippen LogP contribution in [0.15, 0.2) is 12.1 Å². The van der Waals surface area contributed by atoms with Gasteiger partial charge in [0.2, 0.25) is 0 Å². The van der Waals surface area contributed by atoms with Crippen LogP contribution in [0.5, 0.6) is 5.75 Å². The third kappa shape index (κ3) is 2.29.